The molecule has 0 saturated heterocycles. The molecular weight excluding hydrogens is 110 g/mol. The summed E-state index contributed by atoms with van der Waals surface area (Å²) in [6, 6.07) is 0. The first-order valence-corrected chi connectivity index (χ1v) is 2.28. The van der Waals surface area contributed by atoms with E-state index in [1.807, 2.05) is 0 Å². The Morgan fingerprint density at radius 3 is 2.00 bits per heavy atom. The lowest BCUT2D eigenvalue weighted by Gasteiger charge is -1.86. The maximum absolute atomic E-state index is 12.1. The van der Waals surface area contributed by atoms with E-state index in [2.05, 4.69) is 0 Å². The molecule has 0 aliphatic heterocycles. The predicted molar refractivity (Wildman–Crippen MR) is 29.7 cm³/mol. The average Bonchev–Trinajstić information content (AvgIpc) is 1.67. The standard InChI is InChI=1S/C6H8F2/c1-5(2)6(8)3-4-7/h3-4H,1-2H3/b4-3+. The summed E-state index contributed by atoms with van der Waals surface area (Å²) in [6.45, 7) is 3.16. The molecule has 0 amide bonds. The molecule has 0 aromatic rings. The molecule has 0 spiro atoms. The third-order valence-electron chi connectivity index (χ3n) is 0.687. The van der Waals surface area contributed by atoms with Gasteiger partial charge >= 0.3 is 0 Å². The van der Waals surface area contributed by atoms with Crippen LogP contribution in [0.4, 0.5) is 8.78 Å². The summed E-state index contributed by atoms with van der Waals surface area (Å²) in [4.78, 5) is 0. The lowest BCUT2D eigenvalue weighted by molar-refractivity contribution is 0.641. The van der Waals surface area contributed by atoms with Gasteiger partial charge in [-0.05, 0) is 19.4 Å². The molecule has 0 heterocycles. The molecule has 0 atom stereocenters. The van der Waals surface area contributed by atoms with Crippen LogP contribution in [0.1, 0.15) is 13.8 Å². The molecule has 46 valence electrons. The molecule has 0 rings (SSSR count). The summed E-state index contributed by atoms with van der Waals surface area (Å²) in [6.07, 6.45) is 0.970. The number of hydrogen-bond donors (Lipinski definition) is 0. The second-order valence-corrected chi connectivity index (χ2v) is 1.64. The van der Waals surface area contributed by atoms with Gasteiger partial charge in [0.05, 0.1) is 6.33 Å². The van der Waals surface area contributed by atoms with Crippen LogP contribution in [-0.4, -0.2) is 0 Å². The van der Waals surface area contributed by atoms with Gasteiger partial charge in [0.2, 0.25) is 0 Å². The van der Waals surface area contributed by atoms with Crippen LogP contribution >= 0.6 is 0 Å². The third kappa shape index (κ3) is 2.50. The number of hydrogen-bond acceptors (Lipinski definition) is 0. The quantitative estimate of drug-likeness (QED) is 0.464. The fourth-order valence-corrected chi connectivity index (χ4v) is 0.222. The molecular formula is C6H8F2. The Bertz CT molecular complexity index is 118. The lowest BCUT2D eigenvalue weighted by Crippen LogP contribution is -1.68. The second-order valence-electron chi connectivity index (χ2n) is 1.64. The van der Waals surface area contributed by atoms with Crippen molar-refractivity contribution in [1.82, 2.24) is 0 Å². The van der Waals surface area contributed by atoms with Crippen LogP contribution in [0, 0.1) is 0 Å². The SMILES string of the molecule is CC(C)=C(F)/C=C/F. The third-order valence-corrected chi connectivity index (χ3v) is 0.687. The van der Waals surface area contributed by atoms with Crippen LogP contribution in [-0.2, 0) is 0 Å². The molecule has 0 aromatic heterocycles. The summed E-state index contributed by atoms with van der Waals surface area (Å²) in [5.74, 6) is -0.507. The van der Waals surface area contributed by atoms with E-state index in [0.717, 1.165) is 6.08 Å². The molecule has 0 radical (unpaired) electrons. The summed E-state index contributed by atoms with van der Waals surface area (Å²) in [5, 5.41) is 0. The van der Waals surface area contributed by atoms with Crippen molar-refractivity contribution in [1.29, 1.82) is 0 Å². The second kappa shape index (κ2) is 3.36. The minimum Gasteiger partial charge on any atom is -0.215 e. The Kier molecular flexibility index (Phi) is 3.08. The highest BCUT2D eigenvalue weighted by Crippen LogP contribution is 2.05. The van der Waals surface area contributed by atoms with Gasteiger partial charge in [-0.1, -0.05) is 0 Å². The summed E-state index contributed by atoms with van der Waals surface area (Å²) >= 11 is 0. The van der Waals surface area contributed by atoms with E-state index < -0.39 is 5.83 Å². The summed E-state index contributed by atoms with van der Waals surface area (Å²) in [7, 11) is 0. The van der Waals surface area contributed by atoms with E-state index in [-0.39, 0.29) is 6.33 Å². The first-order valence-electron chi connectivity index (χ1n) is 2.28. The van der Waals surface area contributed by atoms with Crippen LogP contribution in [0.25, 0.3) is 0 Å². The Hall–Kier alpha value is -0.660. The van der Waals surface area contributed by atoms with Crippen LogP contribution in [0.2, 0.25) is 0 Å². The van der Waals surface area contributed by atoms with Crippen molar-refractivity contribution in [2.24, 2.45) is 0 Å². The molecule has 0 N–H and O–H groups in total. The first-order chi connectivity index (χ1) is 3.68. The Morgan fingerprint density at radius 1 is 1.38 bits per heavy atom. The highest BCUT2D eigenvalue weighted by Gasteiger charge is 1.87. The fraction of sp³-hybridized carbons (Fsp3) is 0.333. The molecule has 0 aliphatic carbocycles. The van der Waals surface area contributed by atoms with E-state index in [1.54, 1.807) is 13.8 Å². The van der Waals surface area contributed by atoms with E-state index >= 15 is 0 Å². The molecule has 8 heavy (non-hydrogen) atoms. The molecule has 0 aliphatic rings. The smallest absolute Gasteiger partial charge is 0.124 e. The predicted octanol–water partition coefficient (Wildman–Crippen LogP) is 2.73. The highest BCUT2D eigenvalue weighted by atomic mass is 19.1. The highest BCUT2D eigenvalue weighted by molar-refractivity contribution is 5.14. The maximum atomic E-state index is 12.1. The average molecular weight is 118 g/mol. The van der Waals surface area contributed by atoms with Gasteiger partial charge in [0.25, 0.3) is 0 Å². The molecule has 0 unspecified atom stereocenters. The zero-order valence-corrected chi connectivity index (χ0v) is 4.91. The van der Waals surface area contributed by atoms with E-state index in [9.17, 15) is 8.78 Å². The maximum Gasteiger partial charge on any atom is 0.124 e. The fourth-order valence-electron chi connectivity index (χ4n) is 0.222. The normalized spacial score (nSPS) is 10.0. The molecule has 2 heteroatoms. The van der Waals surface area contributed by atoms with Crippen LogP contribution in [0.15, 0.2) is 23.8 Å². The number of rotatable bonds is 1. The van der Waals surface area contributed by atoms with Gasteiger partial charge < -0.3 is 0 Å². The van der Waals surface area contributed by atoms with Crippen molar-refractivity contribution in [3.05, 3.63) is 23.8 Å². The summed E-state index contributed by atoms with van der Waals surface area (Å²) in [5.41, 5.74) is 0.485. The van der Waals surface area contributed by atoms with Gasteiger partial charge in [-0.3, -0.25) is 0 Å². The van der Waals surface area contributed by atoms with Gasteiger partial charge in [0.1, 0.15) is 5.83 Å². The minimum absolute atomic E-state index is 0.183. The molecule has 0 fully saturated rings. The molecule has 0 bridgehead atoms. The molecule has 0 aromatic carbocycles. The van der Waals surface area contributed by atoms with Gasteiger partial charge in [0.15, 0.2) is 0 Å². The van der Waals surface area contributed by atoms with Crippen molar-refractivity contribution >= 4 is 0 Å². The molecule has 0 nitrogen and oxygen atoms in total. The number of allylic oxidation sites excluding steroid dienone is 3. The summed E-state index contributed by atoms with van der Waals surface area (Å²) < 4.78 is 23.2. The van der Waals surface area contributed by atoms with Crippen LogP contribution in [0.5, 0.6) is 0 Å². The van der Waals surface area contributed by atoms with Crippen molar-refractivity contribution in [3.8, 4) is 0 Å². The van der Waals surface area contributed by atoms with Crippen molar-refractivity contribution in [2.75, 3.05) is 0 Å². The van der Waals surface area contributed by atoms with E-state index in [4.69, 9.17) is 0 Å². The first kappa shape index (κ1) is 7.34. The largest absolute Gasteiger partial charge is 0.215 e. The van der Waals surface area contributed by atoms with Gasteiger partial charge in [-0.25, -0.2) is 8.78 Å². The Balaban J connectivity index is 4.00. The van der Waals surface area contributed by atoms with Gasteiger partial charge in [-0.2, -0.15) is 0 Å². The van der Waals surface area contributed by atoms with Gasteiger partial charge in [0, 0.05) is 6.08 Å². The minimum atomic E-state index is -0.507. The zero-order valence-electron chi connectivity index (χ0n) is 4.91. The van der Waals surface area contributed by atoms with Gasteiger partial charge in [-0.15, -0.1) is 0 Å². The Morgan fingerprint density at radius 2 is 1.88 bits per heavy atom. The topological polar surface area (TPSA) is 0 Å². The number of halogens is 2. The lowest BCUT2D eigenvalue weighted by atomic mass is 10.3. The molecule has 0 saturated carbocycles. The van der Waals surface area contributed by atoms with Crippen molar-refractivity contribution in [3.63, 3.8) is 0 Å². The van der Waals surface area contributed by atoms with Crippen molar-refractivity contribution < 1.29 is 8.78 Å². The van der Waals surface area contributed by atoms with Crippen LogP contribution < -0.4 is 0 Å². The van der Waals surface area contributed by atoms with Crippen LogP contribution in [0.3, 0.4) is 0 Å². The van der Waals surface area contributed by atoms with E-state index in [1.165, 1.54) is 0 Å². The van der Waals surface area contributed by atoms with E-state index in [0.29, 0.717) is 5.57 Å². The Labute approximate surface area is 47.5 Å². The zero-order chi connectivity index (χ0) is 6.57. The monoisotopic (exact) mass is 118 g/mol. The van der Waals surface area contributed by atoms with Crippen molar-refractivity contribution in [2.45, 2.75) is 13.8 Å².